The second-order valence-corrected chi connectivity index (χ2v) is 3.46. The minimum Gasteiger partial charge on any atom is -0.435 e. The monoisotopic (exact) mass is 216 g/mol. The summed E-state index contributed by atoms with van der Waals surface area (Å²) in [5, 5.41) is 11.0. The maximum Gasteiger partial charge on any atom is 0.522 e. The predicted molar refractivity (Wildman–Crippen MR) is 49.8 cm³/mol. The van der Waals surface area contributed by atoms with Crippen molar-refractivity contribution in [3.63, 3.8) is 0 Å². The first-order valence-electron chi connectivity index (χ1n) is 4.68. The summed E-state index contributed by atoms with van der Waals surface area (Å²) in [5.41, 5.74) is 5.02. The highest BCUT2D eigenvalue weighted by atomic mass is 16.4. The summed E-state index contributed by atoms with van der Waals surface area (Å²) in [6.07, 6.45) is 0.0994. The Labute approximate surface area is 86.4 Å². The molecule has 1 aliphatic heterocycles. The van der Waals surface area contributed by atoms with Crippen molar-refractivity contribution >= 4 is 18.0 Å². The SMILES string of the molecule is NCC(=O)NC(=O)[N+]1(C(=O)O)CCCC1. The van der Waals surface area contributed by atoms with Crippen LogP contribution in [0.4, 0.5) is 9.59 Å². The molecule has 0 aliphatic carbocycles. The second-order valence-electron chi connectivity index (χ2n) is 3.46. The maximum absolute atomic E-state index is 11.6. The molecule has 0 aromatic carbocycles. The molecule has 7 heteroatoms. The molecule has 1 rings (SSSR count). The van der Waals surface area contributed by atoms with Gasteiger partial charge in [-0.05, 0) is 0 Å². The molecule has 4 N–H and O–H groups in total. The van der Waals surface area contributed by atoms with E-state index in [0.717, 1.165) is 0 Å². The third kappa shape index (κ3) is 2.13. The molecule has 4 amide bonds. The van der Waals surface area contributed by atoms with Crippen LogP contribution < -0.4 is 11.1 Å². The van der Waals surface area contributed by atoms with E-state index in [1.54, 1.807) is 0 Å². The van der Waals surface area contributed by atoms with Crippen molar-refractivity contribution in [3.05, 3.63) is 0 Å². The predicted octanol–water partition coefficient (Wildman–Crippen LogP) is -0.530. The Kier molecular flexibility index (Phi) is 3.38. The number of hydrogen-bond donors (Lipinski definition) is 3. The topological polar surface area (TPSA) is 109 Å². The molecule has 0 atom stereocenters. The summed E-state index contributed by atoms with van der Waals surface area (Å²) >= 11 is 0. The van der Waals surface area contributed by atoms with Crippen LogP contribution in [0.15, 0.2) is 0 Å². The zero-order valence-electron chi connectivity index (χ0n) is 8.23. The molecule has 0 aromatic heterocycles. The Morgan fingerprint density at radius 2 is 1.80 bits per heavy atom. The van der Waals surface area contributed by atoms with Crippen LogP contribution in [-0.2, 0) is 4.79 Å². The molecule has 1 fully saturated rings. The van der Waals surface area contributed by atoms with E-state index in [1.165, 1.54) is 0 Å². The number of amides is 4. The van der Waals surface area contributed by atoms with E-state index < -0.39 is 22.5 Å². The smallest absolute Gasteiger partial charge is 0.435 e. The fraction of sp³-hybridized carbons (Fsp3) is 0.625. The third-order valence-electron chi connectivity index (χ3n) is 2.52. The van der Waals surface area contributed by atoms with Crippen LogP contribution >= 0.6 is 0 Å². The molecular formula is C8H14N3O4+. The van der Waals surface area contributed by atoms with Gasteiger partial charge in [-0.3, -0.25) is 4.79 Å². The lowest BCUT2D eigenvalue weighted by Crippen LogP contribution is -2.60. The molecular weight excluding hydrogens is 202 g/mol. The lowest BCUT2D eigenvalue weighted by atomic mass is 10.4. The van der Waals surface area contributed by atoms with Gasteiger partial charge in [0.1, 0.15) is 0 Å². The van der Waals surface area contributed by atoms with E-state index in [1.807, 2.05) is 5.32 Å². The molecule has 0 unspecified atom stereocenters. The number of imide groups is 2. The van der Waals surface area contributed by atoms with Crippen molar-refractivity contribution in [2.75, 3.05) is 19.6 Å². The van der Waals surface area contributed by atoms with E-state index in [-0.39, 0.29) is 19.6 Å². The molecule has 15 heavy (non-hydrogen) atoms. The lowest BCUT2D eigenvalue weighted by molar-refractivity contribution is -0.762. The van der Waals surface area contributed by atoms with Gasteiger partial charge in [0.05, 0.1) is 19.6 Å². The van der Waals surface area contributed by atoms with Crippen molar-refractivity contribution < 1.29 is 24.0 Å². The lowest BCUT2D eigenvalue weighted by Gasteiger charge is -2.23. The minimum atomic E-state index is -1.23. The number of hydrogen-bond acceptors (Lipinski definition) is 4. The average molecular weight is 216 g/mol. The van der Waals surface area contributed by atoms with Gasteiger partial charge in [0.25, 0.3) is 0 Å². The van der Waals surface area contributed by atoms with E-state index >= 15 is 0 Å². The van der Waals surface area contributed by atoms with Crippen LogP contribution in [-0.4, -0.2) is 47.3 Å². The van der Waals surface area contributed by atoms with Crippen LogP contribution in [0.3, 0.4) is 0 Å². The largest absolute Gasteiger partial charge is 0.522 e. The number of carboxylic acid groups (broad SMARTS) is 1. The molecule has 1 heterocycles. The molecule has 7 nitrogen and oxygen atoms in total. The van der Waals surface area contributed by atoms with Gasteiger partial charge in [-0.25, -0.2) is 10.1 Å². The number of carbonyl (C=O) groups is 3. The third-order valence-corrected chi connectivity index (χ3v) is 2.52. The van der Waals surface area contributed by atoms with Crippen LogP contribution in [0.1, 0.15) is 12.8 Å². The highest BCUT2D eigenvalue weighted by Crippen LogP contribution is 2.20. The number of quaternary nitrogens is 1. The summed E-state index contributed by atoms with van der Waals surface area (Å²) in [4.78, 5) is 33.5. The Morgan fingerprint density at radius 1 is 1.27 bits per heavy atom. The highest BCUT2D eigenvalue weighted by Gasteiger charge is 2.48. The summed E-state index contributed by atoms with van der Waals surface area (Å²) in [6.45, 7) is 0.114. The summed E-state index contributed by atoms with van der Waals surface area (Å²) < 4.78 is -0.717. The number of likely N-dealkylation sites (tertiary alicyclic amines) is 1. The summed E-state index contributed by atoms with van der Waals surface area (Å²) in [7, 11) is 0. The van der Waals surface area contributed by atoms with Crippen molar-refractivity contribution in [2.24, 2.45) is 5.73 Å². The molecule has 1 saturated heterocycles. The van der Waals surface area contributed by atoms with Gasteiger partial charge in [0.2, 0.25) is 5.91 Å². The number of nitrogens with zero attached hydrogens (tertiary/aromatic N) is 1. The van der Waals surface area contributed by atoms with Crippen molar-refractivity contribution in [1.82, 2.24) is 5.32 Å². The number of urea groups is 1. The second kappa shape index (κ2) is 4.37. The van der Waals surface area contributed by atoms with Gasteiger partial charge >= 0.3 is 12.1 Å². The first-order valence-corrected chi connectivity index (χ1v) is 4.68. The van der Waals surface area contributed by atoms with E-state index in [2.05, 4.69) is 0 Å². The minimum absolute atomic E-state index is 0.221. The van der Waals surface area contributed by atoms with Gasteiger partial charge in [-0.2, -0.15) is 4.79 Å². The summed E-state index contributed by atoms with van der Waals surface area (Å²) in [5.74, 6) is -0.661. The summed E-state index contributed by atoms with van der Waals surface area (Å²) in [6, 6.07) is -0.796. The maximum atomic E-state index is 11.6. The number of carbonyl (C=O) groups excluding carboxylic acids is 2. The van der Waals surface area contributed by atoms with Gasteiger partial charge in [0.15, 0.2) is 0 Å². The van der Waals surface area contributed by atoms with Gasteiger partial charge < -0.3 is 10.8 Å². The van der Waals surface area contributed by atoms with Crippen LogP contribution in [0.25, 0.3) is 0 Å². The van der Waals surface area contributed by atoms with Gasteiger partial charge in [-0.15, -0.1) is 4.48 Å². The van der Waals surface area contributed by atoms with Crippen LogP contribution in [0, 0.1) is 0 Å². The van der Waals surface area contributed by atoms with Crippen LogP contribution in [0.5, 0.6) is 0 Å². The fourth-order valence-electron chi connectivity index (χ4n) is 1.63. The Morgan fingerprint density at radius 3 is 2.20 bits per heavy atom. The first kappa shape index (κ1) is 11.6. The number of rotatable bonds is 1. The Balaban J connectivity index is 2.77. The Bertz CT molecular complexity index is 296. The van der Waals surface area contributed by atoms with Crippen molar-refractivity contribution in [2.45, 2.75) is 12.8 Å². The van der Waals surface area contributed by atoms with Crippen molar-refractivity contribution in [1.29, 1.82) is 0 Å². The quantitative estimate of drug-likeness (QED) is 0.510. The zero-order valence-corrected chi connectivity index (χ0v) is 8.23. The van der Waals surface area contributed by atoms with E-state index in [0.29, 0.717) is 12.8 Å². The zero-order chi connectivity index (χ0) is 11.5. The van der Waals surface area contributed by atoms with Crippen LogP contribution in [0.2, 0.25) is 0 Å². The normalized spacial score (nSPS) is 18.5. The number of nitrogens with one attached hydrogen (secondary N) is 1. The highest BCUT2D eigenvalue weighted by molar-refractivity contribution is 5.95. The molecule has 0 aromatic rings. The van der Waals surface area contributed by atoms with Crippen molar-refractivity contribution in [3.8, 4) is 0 Å². The standard InChI is InChI=1S/C8H13N3O4/c9-5-6(12)10-7(13)11(8(14)15)3-1-2-4-11/h1-5,9H2,(H-,10,12,13,14,15)/p+1. The molecule has 1 aliphatic rings. The molecule has 0 spiro atoms. The first-order chi connectivity index (χ1) is 7.03. The molecule has 84 valence electrons. The van der Waals surface area contributed by atoms with E-state index in [4.69, 9.17) is 10.8 Å². The van der Waals surface area contributed by atoms with Gasteiger partial charge in [0, 0.05) is 12.8 Å². The fourth-order valence-corrected chi connectivity index (χ4v) is 1.63. The van der Waals surface area contributed by atoms with E-state index in [9.17, 15) is 14.4 Å². The molecule has 0 radical (unpaired) electrons. The molecule has 0 saturated carbocycles. The Hall–Kier alpha value is -1.47. The number of nitrogens with two attached hydrogens (primary N) is 1. The average Bonchev–Trinajstić information content (AvgIpc) is 2.67. The molecule has 0 bridgehead atoms. The van der Waals surface area contributed by atoms with Gasteiger partial charge in [-0.1, -0.05) is 0 Å².